The van der Waals surface area contributed by atoms with Crippen LogP contribution in [0.4, 0.5) is 5.82 Å². The Morgan fingerprint density at radius 1 is 1.21 bits per heavy atom. The van der Waals surface area contributed by atoms with Gasteiger partial charge in [0.2, 0.25) is 0 Å². The molecule has 0 fully saturated rings. The Morgan fingerprint density at radius 2 is 1.92 bits per heavy atom. The largest absolute Gasteiger partial charge is 0.304 e. The molecule has 0 saturated heterocycles. The van der Waals surface area contributed by atoms with Gasteiger partial charge >= 0.3 is 0 Å². The van der Waals surface area contributed by atoms with Crippen molar-refractivity contribution in [2.75, 3.05) is 5.32 Å². The SMILES string of the molecule is Cc1ccc(Cn2cc(Br)c(NC(=O)c3ccccc3Cl)n2)cc1. The van der Waals surface area contributed by atoms with Crippen molar-refractivity contribution in [1.82, 2.24) is 9.78 Å². The lowest BCUT2D eigenvalue weighted by Crippen LogP contribution is -2.13. The van der Waals surface area contributed by atoms with Crippen molar-refractivity contribution in [3.05, 3.63) is 80.9 Å². The molecule has 4 nitrogen and oxygen atoms in total. The van der Waals surface area contributed by atoms with Crippen LogP contribution >= 0.6 is 27.5 Å². The van der Waals surface area contributed by atoms with E-state index < -0.39 is 0 Å². The summed E-state index contributed by atoms with van der Waals surface area (Å²) < 4.78 is 2.49. The predicted molar refractivity (Wildman–Crippen MR) is 99.6 cm³/mol. The number of hydrogen-bond donors (Lipinski definition) is 1. The van der Waals surface area contributed by atoms with Gasteiger partial charge in [-0.3, -0.25) is 9.48 Å². The molecule has 0 aliphatic rings. The lowest BCUT2D eigenvalue weighted by Gasteiger charge is -2.05. The number of amides is 1. The van der Waals surface area contributed by atoms with E-state index in [1.165, 1.54) is 5.56 Å². The standard InChI is InChI=1S/C18H15BrClN3O/c1-12-6-8-13(9-7-12)10-23-11-15(19)17(22-23)21-18(24)14-4-2-3-5-16(14)20/h2-9,11H,10H2,1H3,(H,21,22,24). The van der Waals surface area contributed by atoms with Gasteiger partial charge in [0.25, 0.3) is 5.91 Å². The van der Waals surface area contributed by atoms with Crippen LogP contribution in [-0.4, -0.2) is 15.7 Å². The first-order valence-corrected chi connectivity index (χ1v) is 8.54. The molecule has 0 atom stereocenters. The molecular formula is C18H15BrClN3O. The molecule has 0 radical (unpaired) electrons. The molecule has 6 heteroatoms. The van der Waals surface area contributed by atoms with Crippen LogP contribution in [0.3, 0.4) is 0 Å². The molecule has 122 valence electrons. The fraction of sp³-hybridized carbons (Fsp3) is 0.111. The zero-order valence-electron chi connectivity index (χ0n) is 13.0. The number of halogens is 2. The Hall–Kier alpha value is -2.11. The second-order valence-corrected chi connectivity index (χ2v) is 6.70. The van der Waals surface area contributed by atoms with Gasteiger partial charge in [-0.25, -0.2) is 0 Å². The number of carbonyl (C=O) groups excluding carboxylic acids is 1. The molecule has 0 spiro atoms. The van der Waals surface area contributed by atoms with Gasteiger partial charge in [0.05, 0.1) is 21.6 Å². The molecule has 0 saturated carbocycles. The third-order valence-corrected chi connectivity index (χ3v) is 4.44. The van der Waals surface area contributed by atoms with E-state index in [9.17, 15) is 4.79 Å². The van der Waals surface area contributed by atoms with Gasteiger partial charge in [0, 0.05) is 6.20 Å². The Morgan fingerprint density at radius 3 is 2.62 bits per heavy atom. The van der Waals surface area contributed by atoms with E-state index in [1.54, 1.807) is 28.9 Å². The maximum Gasteiger partial charge on any atom is 0.258 e. The van der Waals surface area contributed by atoms with Crippen LogP contribution in [0.5, 0.6) is 0 Å². The molecule has 2 aromatic carbocycles. The highest BCUT2D eigenvalue weighted by molar-refractivity contribution is 9.10. The first kappa shape index (κ1) is 16.7. The van der Waals surface area contributed by atoms with E-state index in [2.05, 4.69) is 57.5 Å². The lowest BCUT2D eigenvalue weighted by molar-refractivity contribution is 0.102. The van der Waals surface area contributed by atoms with Crippen molar-refractivity contribution < 1.29 is 4.79 Å². The summed E-state index contributed by atoms with van der Waals surface area (Å²) in [5, 5.41) is 7.61. The van der Waals surface area contributed by atoms with Gasteiger partial charge in [-0.15, -0.1) is 0 Å². The maximum atomic E-state index is 12.3. The fourth-order valence-electron chi connectivity index (χ4n) is 2.26. The Kier molecular flexibility index (Phi) is 5.02. The number of carbonyl (C=O) groups is 1. The minimum absolute atomic E-state index is 0.290. The van der Waals surface area contributed by atoms with Crippen LogP contribution in [0.25, 0.3) is 0 Å². The molecule has 1 N–H and O–H groups in total. The van der Waals surface area contributed by atoms with Crippen molar-refractivity contribution in [2.24, 2.45) is 0 Å². The average molecular weight is 405 g/mol. The molecule has 3 rings (SSSR count). The van der Waals surface area contributed by atoms with Crippen molar-refractivity contribution in [3.63, 3.8) is 0 Å². The number of hydrogen-bond acceptors (Lipinski definition) is 2. The number of aromatic nitrogens is 2. The molecule has 0 aliphatic heterocycles. The number of anilines is 1. The molecule has 0 unspecified atom stereocenters. The van der Waals surface area contributed by atoms with Crippen molar-refractivity contribution in [2.45, 2.75) is 13.5 Å². The second kappa shape index (κ2) is 7.20. The Balaban J connectivity index is 1.75. The minimum Gasteiger partial charge on any atom is -0.304 e. The predicted octanol–water partition coefficient (Wildman–Crippen LogP) is 4.91. The number of nitrogens with one attached hydrogen (secondary N) is 1. The van der Waals surface area contributed by atoms with E-state index in [-0.39, 0.29) is 5.91 Å². The zero-order chi connectivity index (χ0) is 17.1. The average Bonchev–Trinajstić information content (AvgIpc) is 2.89. The molecule has 1 amide bonds. The van der Waals surface area contributed by atoms with Crippen molar-refractivity contribution >= 4 is 39.3 Å². The van der Waals surface area contributed by atoms with E-state index in [4.69, 9.17) is 11.6 Å². The quantitative estimate of drug-likeness (QED) is 0.672. The van der Waals surface area contributed by atoms with Gasteiger partial charge in [-0.1, -0.05) is 53.6 Å². The molecule has 1 heterocycles. The highest BCUT2D eigenvalue weighted by Gasteiger charge is 2.14. The molecule has 24 heavy (non-hydrogen) atoms. The highest BCUT2D eigenvalue weighted by atomic mass is 79.9. The fourth-order valence-corrected chi connectivity index (χ4v) is 2.90. The molecule has 0 bridgehead atoms. The summed E-state index contributed by atoms with van der Waals surface area (Å²) in [6.45, 7) is 2.68. The Bertz CT molecular complexity index is 874. The first-order valence-electron chi connectivity index (χ1n) is 7.37. The molecule has 0 aliphatic carbocycles. The van der Waals surface area contributed by atoms with Gasteiger partial charge in [-0.05, 0) is 40.5 Å². The van der Waals surface area contributed by atoms with E-state index in [0.717, 1.165) is 10.0 Å². The van der Waals surface area contributed by atoms with Crippen LogP contribution in [0.1, 0.15) is 21.5 Å². The summed E-state index contributed by atoms with van der Waals surface area (Å²) in [5.74, 6) is 0.175. The molecule has 3 aromatic rings. The zero-order valence-corrected chi connectivity index (χ0v) is 15.3. The second-order valence-electron chi connectivity index (χ2n) is 5.44. The smallest absolute Gasteiger partial charge is 0.258 e. The minimum atomic E-state index is -0.290. The first-order chi connectivity index (χ1) is 11.5. The van der Waals surface area contributed by atoms with Crippen LogP contribution in [0.2, 0.25) is 5.02 Å². The lowest BCUT2D eigenvalue weighted by atomic mass is 10.1. The summed E-state index contributed by atoms with van der Waals surface area (Å²) in [6, 6.07) is 15.2. The normalized spacial score (nSPS) is 10.6. The summed E-state index contributed by atoms with van der Waals surface area (Å²) >= 11 is 9.48. The maximum absolute atomic E-state index is 12.3. The van der Waals surface area contributed by atoms with E-state index >= 15 is 0 Å². The summed E-state index contributed by atoms with van der Waals surface area (Å²) in [7, 11) is 0. The van der Waals surface area contributed by atoms with Gasteiger partial charge < -0.3 is 5.32 Å². The molecular weight excluding hydrogens is 390 g/mol. The summed E-state index contributed by atoms with van der Waals surface area (Å²) in [5.41, 5.74) is 2.77. The number of nitrogens with zero attached hydrogens (tertiary/aromatic N) is 2. The number of rotatable bonds is 4. The van der Waals surface area contributed by atoms with Crippen LogP contribution in [0, 0.1) is 6.92 Å². The van der Waals surface area contributed by atoms with Crippen molar-refractivity contribution in [1.29, 1.82) is 0 Å². The topological polar surface area (TPSA) is 46.9 Å². The van der Waals surface area contributed by atoms with Crippen LogP contribution < -0.4 is 5.32 Å². The number of benzene rings is 2. The van der Waals surface area contributed by atoms with Gasteiger partial charge in [-0.2, -0.15) is 5.10 Å². The highest BCUT2D eigenvalue weighted by Crippen LogP contribution is 2.23. The van der Waals surface area contributed by atoms with E-state index in [1.807, 2.05) is 6.20 Å². The Labute approximate surface area is 153 Å². The van der Waals surface area contributed by atoms with Crippen molar-refractivity contribution in [3.8, 4) is 0 Å². The third kappa shape index (κ3) is 3.86. The summed E-state index contributed by atoms with van der Waals surface area (Å²) in [6.07, 6.45) is 1.84. The van der Waals surface area contributed by atoms with Gasteiger partial charge in [0.1, 0.15) is 0 Å². The van der Waals surface area contributed by atoms with Gasteiger partial charge in [0.15, 0.2) is 5.82 Å². The van der Waals surface area contributed by atoms with Crippen LogP contribution in [0.15, 0.2) is 59.2 Å². The summed E-state index contributed by atoms with van der Waals surface area (Å²) in [4.78, 5) is 12.3. The molecule has 1 aromatic heterocycles. The monoisotopic (exact) mass is 403 g/mol. The van der Waals surface area contributed by atoms with Crippen LogP contribution in [-0.2, 0) is 6.54 Å². The third-order valence-electron chi connectivity index (χ3n) is 3.53. The van der Waals surface area contributed by atoms with E-state index in [0.29, 0.717) is 22.9 Å². The number of aryl methyl sites for hydroxylation is 1.